The molecule has 1 fully saturated rings. The number of nitrogens with zero attached hydrogens (tertiary/aromatic N) is 2. The molecule has 1 saturated heterocycles. The van der Waals surface area contributed by atoms with Crippen LogP contribution in [0.5, 0.6) is 0 Å². The predicted octanol–water partition coefficient (Wildman–Crippen LogP) is 4.74. The Bertz CT molecular complexity index is 1010. The molecule has 1 aliphatic heterocycles. The number of halogens is 1. The molecule has 0 atom stereocenters. The monoisotopic (exact) mass is 411 g/mol. The molecule has 1 aliphatic rings. The van der Waals surface area contributed by atoms with Gasteiger partial charge in [0.05, 0.1) is 5.69 Å². The summed E-state index contributed by atoms with van der Waals surface area (Å²) in [4.78, 5) is 13.8. The van der Waals surface area contributed by atoms with Crippen LogP contribution in [-0.2, 0) is 16.6 Å². The van der Waals surface area contributed by atoms with E-state index >= 15 is 0 Å². The average molecular weight is 412 g/mol. The van der Waals surface area contributed by atoms with Crippen molar-refractivity contribution in [3.63, 3.8) is 0 Å². The Morgan fingerprint density at radius 3 is 2.76 bits per heavy atom. The van der Waals surface area contributed by atoms with Gasteiger partial charge in [-0.3, -0.25) is 9.48 Å². The van der Waals surface area contributed by atoms with Gasteiger partial charge in [-0.25, -0.2) is 4.39 Å². The second-order valence-corrected chi connectivity index (χ2v) is 8.11. The zero-order valence-electron chi connectivity index (χ0n) is 16.1. The molecule has 1 amide bonds. The third-order valence-corrected chi connectivity index (χ3v) is 6.01. The summed E-state index contributed by atoms with van der Waals surface area (Å²) < 4.78 is 21.7. The van der Waals surface area contributed by atoms with E-state index < -0.39 is 0 Å². The fraction of sp³-hybridized carbons (Fsp3) is 0.273. The van der Waals surface area contributed by atoms with E-state index in [1.54, 1.807) is 16.9 Å². The topological polar surface area (TPSA) is 56.2 Å². The summed E-state index contributed by atoms with van der Waals surface area (Å²) in [6.07, 6.45) is 3.18. The maximum absolute atomic E-state index is 14.7. The molecule has 0 saturated carbocycles. The minimum Gasteiger partial charge on any atom is -0.381 e. The number of hydrogen-bond acceptors (Lipinski definition) is 4. The van der Waals surface area contributed by atoms with Gasteiger partial charge in [0.15, 0.2) is 0 Å². The first kappa shape index (κ1) is 19.7. The summed E-state index contributed by atoms with van der Waals surface area (Å²) in [5.41, 5.74) is 2.36. The average Bonchev–Trinajstić information content (AvgIpc) is 3.16. The van der Waals surface area contributed by atoms with E-state index in [1.165, 1.54) is 17.8 Å². The number of amides is 1. The number of aromatic nitrogens is 2. The summed E-state index contributed by atoms with van der Waals surface area (Å²) in [5.74, 6) is -0.287. The molecule has 4 rings (SSSR count). The summed E-state index contributed by atoms with van der Waals surface area (Å²) in [7, 11) is 1.83. The van der Waals surface area contributed by atoms with E-state index in [0.29, 0.717) is 18.1 Å². The fourth-order valence-electron chi connectivity index (χ4n) is 3.37. The van der Waals surface area contributed by atoms with Gasteiger partial charge in [-0.1, -0.05) is 23.9 Å². The van der Waals surface area contributed by atoms with Crippen LogP contribution in [0.1, 0.15) is 12.8 Å². The molecule has 7 heteroatoms. The Hall–Kier alpha value is -2.64. The van der Waals surface area contributed by atoms with Gasteiger partial charge in [0.25, 0.3) is 0 Å². The summed E-state index contributed by atoms with van der Waals surface area (Å²) in [6.45, 7) is 1.25. The largest absolute Gasteiger partial charge is 0.381 e. The summed E-state index contributed by atoms with van der Waals surface area (Å²) >= 11 is 1.33. The molecular formula is C22H22FN3O2S. The molecule has 150 valence electrons. The predicted molar refractivity (Wildman–Crippen MR) is 111 cm³/mol. The number of anilines is 1. The van der Waals surface area contributed by atoms with Crippen LogP contribution in [-0.4, -0.2) is 28.9 Å². The van der Waals surface area contributed by atoms with Gasteiger partial charge in [-0.05, 0) is 49.2 Å². The van der Waals surface area contributed by atoms with Crippen LogP contribution in [0.4, 0.5) is 10.1 Å². The Morgan fingerprint density at radius 2 is 2.03 bits per heavy atom. The summed E-state index contributed by atoms with van der Waals surface area (Å²) in [5, 5.41) is 7.10. The van der Waals surface area contributed by atoms with Crippen molar-refractivity contribution in [3.05, 3.63) is 60.5 Å². The number of aryl methyl sites for hydroxylation is 1. The molecule has 0 aliphatic carbocycles. The van der Waals surface area contributed by atoms with Crippen LogP contribution in [0.3, 0.4) is 0 Å². The Balaban J connectivity index is 1.46. The third-order valence-electron chi connectivity index (χ3n) is 4.97. The Morgan fingerprint density at radius 1 is 1.21 bits per heavy atom. The van der Waals surface area contributed by atoms with Crippen molar-refractivity contribution in [1.29, 1.82) is 0 Å². The molecule has 0 spiro atoms. The number of benzene rings is 2. The van der Waals surface area contributed by atoms with Crippen LogP contribution in [0.15, 0.2) is 64.5 Å². The van der Waals surface area contributed by atoms with Crippen molar-refractivity contribution in [2.75, 3.05) is 18.5 Å². The van der Waals surface area contributed by atoms with Gasteiger partial charge in [0.1, 0.15) is 5.82 Å². The highest BCUT2D eigenvalue weighted by Crippen LogP contribution is 2.33. The zero-order chi connectivity index (χ0) is 20.2. The maximum atomic E-state index is 14.7. The van der Waals surface area contributed by atoms with Gasteiger partial charge in [0.2, 0.25) is 5.91 Å². The molecule has 0 unspecified atom stereocenters. The van der Waals surface area contributed by atoms with E-state index in [2.05, 4.69) is 10.4 Å². The van der Waals surface area contributed by atoms with Crippen molar-refractivity contribution >= 4 is 23.4 Å². The van der Waals surface area contributed by atoms with Crippen molar-refractivity contribution in [2.24, 2.45) is 13.0 Å². The van der Waals surface area contributed by atoms with E-state index in [9.17, 15) is 9.18 Å². The molecule has 0 radical (unpaired) electrons. The maximum Gasteiger partial charge on any atom is 0.227 e. The lowest BCUT2D eigenvalue weighted by atomic mass is 9.99. The summed E-state index contributed by atoms with van der Waals surface area (Å²) in [6, 6.07) is 14.5. The Labute approximate surface area is 173 Å². The lowest BCUT2D eigenvalue weighted by molar-refractivity contribution is -0.122. The second kappa shape index (κ2) is 8.80. The fourth-order valence-corrected chi connectivity index (χ4v) is 4.25. The van der Waals surface area contributed by atoms with Crippen LogP contribution < -0.4 is 5.32 Å². The number of hydrogen-bond donors (Lipinski definition) is 1. The number of carbonyl (C=O) groups is 1. The number of nitrogens with one attached hydrogen (secondary N) is 1. The first-order valence-electron chi connectivity index (χ1n) is 9.54. The highest BCUT2D eigenvalue weighted by molar-refractivity contribution is 7.99. The van der Waals surface area contributed by atoms with Crippen LogP contribution >= 0.6 is 11.8 Å². The molecule has 3 aromatic rings. The zero-order valence-corrected chi connectivity index (χ0v) is 16.9. The van der Waals surface area contributed by atoms with E-state index in [0.717, 1.165) is 34.7 Å². The highest BCUT2D eigenvalue weighted by atomic mass is 32.2. The standard InChI is InChI=1S/C22H22FN3O2S/c1-26-20(7-10-24-26)16-5-6-21(19(23)13-16)29-18-4-2-3-17(14-18)25-22(27)15-8-11-28-12-9-15/h2-7,10,13-15H,8-9,11-12H2,1H3,(H,25,27). The lowest BCUT2D eigenvalue weighted by Crippen LogP contribution is -2.28. The van der Waals surface area contributed by atoms with Gasteiger partial charge in [-0.15, -0.1) is 0 Å². The highest BCUT2D eigenvalue weighted by Gasteiger charge is 2.21. The first-order valence-corrected chi connectivity index (χ1v) is 10.4. The lowest BCUT2D eigenvalue weighted by Gasteiger charge is -2.21. The minimum absolute atomic E-state index is 0.0159. The molecule has 29 heavy (non-hydrogen) atoms. The Kier molecular flexibility index (Phi) is 5.97. The molecule has 2 aromatic carbocycles. The molecular weight excluding hydrogens is 389 g/mol. The van der Waals surface area contributed by atoms with Crippen molar-refractivity contribution in [3.8, 4) is 11.3 Å². The van der Waals surface area contributed by atoms with Gasteiger partial charge in [0, 0.05) is 53.4 Å². The second-order valence-electron chi connectivity index (χ2n) is 6.99. The van der Waals surface area contributed by atoms with Gasteiger partial charge >= 0.3 is 0 Å². The SMILES string of the molecule is Cn1nccc1-c1ccc(Sc2cccc(NC(=O)C3CCOCC3)c2)c(F)c1. The normalized spacial score (nSPS) is 14.7. The smallest absolute Gasteiger partial charge is 0.227 e. The van der Waals surface area contributed by atoms with E-state index in [4.69, 9.17) is 4.74 Å². The van der Waals surface area contributed by atoms with Crippen molar-refractivity contribution in [1.82, 2.24) is 9.78 Å². The van der Waals surface area contributed by atoms with Crippen LogP contribution in [0.2, 0.25) is 0 Å². The first-order chi connectivity index (χ1) is 14.1. The van der Waals surface area contributed by atoms with Gasteiger partial charge < -0.3 is 10.1 Å². The van der Waals surface area contributed by atoms with Crippen LogP contribution in [0.25, 0.3) is 11.3 Å². The van der Waals surface area contributed by atoms with E-state index in [1.807, 2.05) is 43.4 Å². The van der Waals surface area contributed by atoms with Crippen LogP contribution in [0, 0.1) is 11.7 Å². The molecule has 5 nitrogen and oxygen atoms in total. The van der Waals surface area contributed by atoms with Crippen molar-refractivity contribution < 1.29 is 13.9 Å². The third kappa shape index (κ3) is 4.68. The molecule has 1 N–H and O–H groups in total. The molecule has 0 bridgehead atoms. The number of ether oxygens (including phenoxy) is 1. The number of carbonyl (C=O) groups excluding carboxylic acids is 1. The van der Waals surface area contributed by atoms with E-state index in [-0.39, 0.29) is 17.6 Å². The van der Waals surface area contributed by atoms with Gasteiger partial charge in [-0.2, -0.15) is 5.10 Å². The molecule has 2 heterocycles. The minimum atomic E-state index is -0.287. The molecule has 1 aromatic heterocycles. The van der Waals surface area contributed by atoms with Crippen molar-refractivity contribution in [2.45, 2.75) is 22.6 Å². The number of rotatable bonds is 5. The quantitative estimate of drug-likeness (QED) is 0.659.